The van der Waals surface area contributed by atoms with Gasteiger partial charge >= 0.3 is 0 Å². The second kappa shape index (κ2) is 3.34. The molecule has 1 aromatic carbocycles. The molecule has 17 heavy (non-hydrogen) atoms. The van der Waals surface area contributed by atoms with Crippen molar-refractivity contribution >= 4 is 6.21 Å². The first-order valence-electron chi connectivity index (χ1n) is 6.44. The van der Waals surface area contributed by atoms with Gasteiger partial charge in [-0.15, -0.1) is 0 Å². The first-order chi connectivity index (χ1) is 8.04. The molecule has 0 amide bonds. The van der Waals surface area contributed by atoms with Crippen molar-refractivity contribution in [3.05, 3.63) is 40.6 Å². The highest BCUT2D eigenvalue weighted by atomic mass is 16.5. The van der Waals surface area contributed by atoms with Crippen LogP contribution in [-0.2, 0) is 5.41 Å². The fourth-order valence-electron chi connectivity index (χ4n) is 3.47. The molecule has 2 nitrogen and oxygen atoms in total. The van der Waals surface area contributed by atoms with Crippen LogP contribution in [0.3, 0.4) is 0 Å². The summed E-state index contributed by atoms with van der Waals surface area (Å²) in [5.74, 6) is 0. The molecule has 1 aliphatic carbocycles. The molecule has 0 aromatic heterocycles. The first kappa shape index (κ1) is 10.8. The molecule has 1 aliphatic heterocycles. The Morgan fingerprint density at radius 2 is 1.88 bits per heavy atom. The Balaban J connectivity index is 2.16. The maximum absolute atomic E-state index is 12.3. The molecule has 0 atom stereocenters. The van der Waals surface area contributed by atoms with Crippen molar-refractivity contribution in [3.8, 4) is 0 Å². The average molecular weight is 229 g/mol. The molecule has 2 aliphatic rings. The zero-order valence-electron chi connectivity index (χ0n) is 10.6. The second-order valence-electron chi connectivity index (χ2n) is 6.18. The van der Waals surface area contributed by atoms with E-state index in [1.807, 2.05) is 12.3 Å². The summed E-state index contributed by atoms with van der Waals surface area (Å²) in [4.78, 5) is 0. The van der Waals surface area contributed by atoms with E-state index in [4.69, 9.17) is 0 Å². The number of hydroxylamine groups is 1. The summed E-state index contributed by atoms with van der Waals surface area (Å²) >= 11 is 0. The van der Waals surface area contributed by atoms with Crippen LogP contribution in [0.25, 0.3) is 0 Å². The molecule has 0 unspecified atom stereocenters. The minimum absolute atomic E-state index is 0.0900. The summed E-state index contributed by atoms with van der Waals surface area (Å²) in [6.45, 7) is 4.53. The Bertz CT molecular complexity index is 483. The fourth-order valence-corrected chi connectivity index (χ4v) is 3.47. The molecule has 3 rings (SSSR count). The summed E-state index contributed by atoms with van der Waals surface area (Å²) in [5, 5.41) is 12.3. The highest BCUT2D eigenvalue weighted by Crippen LogP contribution is 2.46. The Labute approximate surface area is 103 Å². The lowest BCUT2D eigenvalue weighted by atomic mass is 9.66. The Kier molecular flexibility index (Phi) is 2.13. The van der Waals surface area contributed by atoms with Gasteiger partial charge in [-0.2, -0.15) is 0 Å². The van der Waals surface area contributed by atoms with Gasteiger partial charge in [-0.3, -0.25) is 0 Å². The van der Waals surface area contributed by atoms with Crippen molar-refractivity contribution in [2.24, 2.45) is 0 Å². The molecule has 1 saturated carbocycles. The third kappa shape index (κ3) is 1.50. The standard InChI is InChI=1S/C15H19NO/c1-14(2)11-15(8-5-9-15)16(17)10-12-6-3-4-7-13(12)14/h3-4,6-7,10H,5,8-9,11H2,1-2H3. The molecule has 0 saturated heterocycles. The molecule has 1 aromatic rings. The van der Waals surface area contributed by atoms with E-state index < -0.39 is 0 Å². The van der Waals surface area contributed by atoms with Gasteiger partial charge in [0, 0.05) is 24.8 Å². The molecular weight excluding hydrogens is 210 g/mol. The van der Waals surface area contributed by atoms with Crippen LogP contribution < -0.4 is 0 Å². The summed E-state index contributed by atoms with van der Waals surface area (Å²) < 4.78 is 1.24. The third-order valence-electron chi connectivity index (χ3n) is 4.47. The van der Waals surface area contributed by atoms with Gasteiger partial charge in [0.25, 0.3) is 0 Å². The molecule has 2 heteroatoms. The van der Waals surface area contributed by atoms with Crippen LogP contribution in [0.2, 0.25) is 0 Å². The lowest BCUT2D eigenvalue weighted by Crippen LogP contribution is -2.49. The Morgan fingerprint density at radius 1 is 1.18 bits per heavy atom. The van der Waals surface area contributed by atoms with E-state index in [2.05, 4.69) is 32.0 Å². The van der Waals surface area contributed by atoms with Crippen molar-refractivity contribution in [2.75, 3.05) is 0 Å². The Hall–Kier alpha value is -1.31. The summed E-state index contributed by atoms with van der Waals surface area (Å²) in [6, 6.07) is 8.30. The molecule has 90 valence electrons. The molecule has 1 spiro atoms. The molecular formula is C15H19NO. The number of rotatable bonds is 0. The van der Waals surface area contributed by atoms with Crippen molar-refractivity contribution in [1.82, 2.24) is 0 Å². The van der Waals surface area contributed by atoms with Gasteiger partial charge in [-0.1, -0.05) is 32.0 Å². The number of benzene rings is 1. The predicted octanol–water partition coefficient (Wildman–Crippen LogP) is 3.22. The van der Waals surface area contributed by atoms with Gasteiger partial charge < -0.3 is 5.21 Å². The van der Waals surface area contributed by atoms with Crippen LogP contribution in [0.5, 0.6) is 0 Å². The number of hydrogen-bond donors (Lipinski definition) is 0. The van der Waals surface area contributed by atoms with E-state index in [0.717, 1.165) is 24.8 Å². The number of nitrogens with zero attached hydrogens (tertiary/aromatic N) is 1. The smallest absolute Gasteiger partial charge is 0.182 e. The fraction of sp³-hybridized carbons (Fsp3) is 0.533. The van der Waals surface area contributed by atoms with Crippen molar-refractivity contribution in [3.63, 3.8) is 0 Å². The van der Waals surface area contributed by atoms with Crippen LogP contribution in [0.1, 0.15) is 50.7 Å². The molecule has 0 N–H and O–H groups in total. The lowest BCUT2D eigenvalue weighted by molar-refractivity contribution is -0.565. The van der Waals surface area contributed by atoms with E-state index in [1.54, 1.807) is 0 Å². The van der Waals surface area contributed by atoms with Gasteiger partial charge in [0.15, 0.2) is 11.8 Å². The molecule has 1 heterocycles. The van der Waals surface area contributed by atoms with Crippen molar-refractivity contribution < 1.29 is 4.74 Å². The van der Waals surface area contributed by atoms with Gasteiger partial charge in [0.2, 0.25) is 0 Å². The average Bonchev–Trinajstić information content (AvgIpc) is 2.32. The minimum atomic E-state index is -0.122. The van der Waals surface area contributed by atoms with Gasteiger partial charge in [0.05, 0.1) is 0 Å². The number of hydrogen-bond acceptors (Lipinski definition) is 1. The minimum Gasteiger partial charge on any atom is -0.623 e. The van der Waals surface area contributed by atoms with E-state index in [1.165, 1.54) is 16.7 Å². The summed E-state index contributed by atoms with van der Waals surface area (Å²) in [6.07, 6.45) is 6.06. The van der Waals surface area contributed by atoms with Crippen LogP contribution in [0.15, 0.2) is 24.3 Å². The maximum Gasteiger partial charge on any atom is 0.182 e. The van der Waals surface area contributed by atoms with Crippen molar-refractivity contribution in [1.29, 1.82) is 0 Å². The van der Waals surface area contributed by atoms with Crippen LogP contribution in [-0.4, -0.2) is 16.5 Å². The zero-order chi connectivity index (χ0) is 12.1. The number of fused-ring (bicyclic) bond motifs is 1. The predicted molar refractivity (Wildman–Crippen MR) is 69.5 cm³/mol. The lowest BCUT2D eigenvalue weighted by Gasteiger charge is -2.42. The van der Waals surface area contributed by atoms with Gasteiger partial charge in [-0.05, 0) is 23.5 Å². The maximum atomic E-state index is 12.3. The summed E-state index contributed by atoms with van der Waals surface area (Å²) in [7, 11) is 0. The van der Waals surface area contributed by atoms with Crippen LogP contribution in [0.4, 0.5) is 0 Å². The van der Waals surface area contributed by atoms with Crippen LogP contribution in [0, 0.1) is 5.21 Å². The zero-order valence-corrected chi connectivity index (χ0v) is 10.6. The monoisotopic (exact) mass is 229 g/mol. The Morgan fingerprint density at radius 3 is 2.53 bits per heavy atom. The van der Waals surface area contributed by atoms with E-state index >= 15 is 0 Å². The summed E-state index contributed by atoms with van der Waals surface area (Å²) in [5.41, 5.74) is 2.37. The third-order valence-corrected chi connectivity index (χ3v) is 4.47. The van der Waals surface area contributed by atoms with Crippen LogP contribution >= 0.6 is 0 Å². The highest BCUT2D eigenvalue weighted by molar-refractivity contribution is 5.79. The van der Waals surface area contributed by atoms with Gasteiger partial charge in [0.1, 0.15) is 0 Å². The van der Waals surface area contributed by atoms with E-state index in [9.17, 15) is 5.21 Å². The highest BCUT2D eigenvalue weighted by Gasteiger charge is 2.50. The van der Waals surface area contributed by atoms with E-state index in [0.29, 0.717) is 0 Å². The largest absolute Gasteiger partial charge is 0.623 e. The topological polar surface area (TPSA) is 26.1 Å². The van der Waals surface area contributed by atoms with Gasteiger partial charge in [-0.25, -0.2) is 4.74 Å². The van der Waals surface area contributed by atoms with Crippen molar-refractivity contribution in [2.45, 2.75) is 50.5 Å². The second-order valence-corrected chi connectivity index (χ2v) is 6.18. The van der Waals surface area contributed by atoms with E-state index in [-0.39, 0.29) is 11.0 Å². The molecule has 0 bridgehead atoms. The quantitative estimate of drug-likeness (QED) is 0.495. The normalized spacial score (nSPS) is 24.5. The molecule has 0 radical (unpaired) electrons. The first-order valence-corrected chi connectivity index (χ1v) is 6.44. The molecule has 1 fully saturated rings. The SMILES string of the molecule is CC1(C)CC2(CCC2)[N+]([O-])=Cc2ccccc21.